The van der Waals surface area contributed by atoms with Gasteiger partial charge in [-0.25, -0.2) is 9.97 Å². The van der Waals surface area contributed by atoms with E-state index < -0.39 is 0 Å². The Labute approximate surface area is 109 Å². The Morgan fingerprint density at radius 2 is 2.37 bits per heavy atom. The lowest BCUT2D eigenvalue weighted by Gasteiger charge is -2.05. The second kappa shape index (κ2) is 4.56. The Morgan fingerprint density at radius 1 is 1.47 bits per heavy atom. The molecule has 0 amide bonds. The molecule has 0 atom stereocenters. The van der Waals surface area contributed by atoms with Gasteiger partial charge in [0.1, 0.15) is 23.8 Å². The summed E-state index contributed by atoms with van der Waals surface area (Å²) in [4.78, 5) is 22.2. The van der Waals surface area contributed by atoms with Crippen molar-refractivity contribution in [2.24, 2.45) is 7.05 Å². The van der Waals surface area contributed by atoms with E-state index in [4.69, 9.17) is 4.74 Å². The first kappa shape index (κ1) is 11.5. The van der Waals surface area contributed by atoms with Crippen molar-refractivity contribution in [1.29, 1.82) is 0 Å². The van der Waals surface area contributed by atoms with Gasteiger partial charge in [-0.3, -0.25) is 4.79 Å². The van der Waals surface area contributed by atoms with E-state index in [-0.39, 0.29) is 0 Å². The molecule has 0 aliphatic rings. The molecule has 6 heteroatoms. The number of fused-ring (bicyclic) bond motifs is 1. The number of H-pyrrole nitrogens is 1. The van der Waals surface area contributed by atoms with Crippen molar-refractivity contribution in [2.75, 3.05) is 0 Å². The van der Waals surface area contributed by atoms with Gasteiger partial charge in [0.2, 0.25) is 0 Å². The van der Waals surface area contributed by atoms with Gasteiger partial charge in [-0.15, -0.1) is 0 Å². The Bertz CT molecular complexity index is 729. The number of carbonyl (C=O) groups excluding carboxylic acids is 1. The monoisotopic (exact) mass is 256 g/mol. The molecule has 19 heavy (non-hydrogen) atoms. The summed E-state index contributed by atoms with van der Waals surface area (Å²) in [6.45, 7) is 0.359. The number of aldehydes is 1. The van der Waals surface area contributed by atoms with Gasteiger partial charge in [-0.1, -0.05) is 0 Å². The number of hydrogen-bond acceptors (Lipinski definition) is 4. The fourth-order valence-corrected chi connectivity index (χ4v) is 1.86. The minimum Gasteiger partial charge on any atom is -0.484 e. The molecule has 0 bridgehead atoms. The molecule has 0 unspecified atom stereocenters. The summed E-state index contributed by atoms with van der Waals surface area (Å²) in [5, 5.41) is 0.757. The number of aromatic amines is 1. The van der Waals surface area contributed by atoms with Crippen molar-refractivity contribution in [3.63, 3.8) is 0 Å². The van der Waals surface area contributed by atoms with Crippen LogP contribution in [0.3, 0.4) is 0 Å². The molecule has 6 nitrogen and oxygen atoms in total. The number of nitrogens with zero attached hydrogens (tertiary/aromatic N) is 3. The fraction of sp³-hybridized carbons (Fsp3) is 0.154. The lowest BCUT2D eigenvalue weighted by molar-refractivity contribution is 0.112. The second-order valence-corrected chi connectivity index (χ2v) is 4.17. The van der Waals surface area contributed by atoms with Gasteiger partial charge >= 0.3 is 0 Å². The van der Waals surface area contributed by atoms with E-state index in [1.807, 2.05) is 17.8 Å². The molecule has 0 aliphatic heterocycles. The molecule has 3 aromatic heterocycles. The number of carbonyl (C=O) groups is 1. The zero-order chi connectivity index (χ0) is 13.2. The van der Waals surface area contributed by atoms with E-state index in [1.165, 1.54) is 0 Å². The van der Waals surface area contributed by atoms with Crippen molar-refractivity contribution in [2.45, 2.75) is 6.61 Å². The average Bonchev–Trinajstić information content (AvgIpc) is 3.02. The van der Waals surface area contributed by atoms with Crippen LogP contribution in [0.25, 0.3) is 11.0 Å². The molecule has 0 aliphatic carbocycles. The molecule has 0 radical (unpaired) electrons. The number of rotatable bonds is 4. The van der Waals surface area contributed by atoms with E-state index in [2.05, 4.69) is 15.0 Å². The maximum absolute atomic E-state index is 10.9. The quantitative estimate of drug-likeness (QED) is 0.721. The molecule has 3 rings (SSSR count). The number of hydrogen-bond donors (Lipinski definition) is 1. The lowest BCUT2D eigenvalue weighted by Crippen LogP contribution is -2.03. The lowest BCUT2D eigenvalue weighted by atomic mass is 10.2. The van der Waals surface area contributed by atoms with Gasteiger partial charge in [0, 0.05) is 36.6 Å². The summed E-state index contributed by atoms with van der Waals surface area (Å²) >= 11 is 0. The topological polar surface area (TPSA) is 72.8 Å². The summed E-state index contributed by atoms with van der Waals surface area (Å²) in [5.74, 6) is 1.43. The third-order valence-electron chi connectivity index (χ3n) is 2.95. The molecular formula is C13H12N4O2. The first-order chi connectivity index (χ1) is 9.28. The Kier molecular flexibility index (Phi) is 2.75. The smallest absolute Gasteiger partial charge is 0.152 e. The normalized spacial score (nSPS) is 10.8. The van der Waals surface area contributed by atoms with Gasteiger partial charge in [-0.2, -0.15) is 0 Å². The largest absolute Gasteiger partial charge is 0.484 e. The zero-order valence-corrected chi connectivity index (χ0v) is 10.3. The van der Waals surface area contributed by atoms with Crippen molar-refractivity contribution in [3.05, 3.63) is 42.2 Å². The van der Waals surface area contributed by atoms with E-state index in [1.54, 1.807) is 24.7 Å². The number of nitrogens with one attached hydrogen (secondary N) is 1. The highest BCUT2D eigenvalue weighted by molar-refractivity contribution is 5.96. The van der Waals surface area contributed by atoms with Crippen LogP contribution in [0.15, 0.2) is 30.9 Å². The van der Waals surface area contributed by atoms with Crippen molar-refractivity contribution in [3.8, 4) is 5.75 Å². The third-order valence-corrected chi connectivity index (χ3v) is 2.95. The van der Waals surface area contributed by atoms with Gasteiger partial charge in [0.25, 0.3) is 0 Å². The first-order valence-corrected chi connectivity index (χ1v) is 5.79. The van der Waals surface area contributed by atoms with Gasteiger partial charge in [0.15, 0.2) is 6.29 Å². The van der Waals surface area contributed by atoms with Crippen LogP contribution in [-0.4, -0.2) is 25.8 Å². The van der Waals surface area contributed by atoms with Crippen LogP contribution in [-0.2, 0) is 13.7 Å². The zero-order valence-electron chi connectivity index (χ0n) is 10.3. The average molecular weight is 256 g/mol. The fourth-order valence-electron chi connectivity index (χ4n) is 1.86. The molecule has 0 saturated heterocycles. The van der Waals surface area contributed by atoms with Crippen LogP contribution in [0.4, 0.5) is 0 Å². The summed E-state index contributed by atoms with van der Waals surface area (Å²) in [5.41, 5.74) is 1.25. The highest BCUT2D eigenvalue weighted by Gasteiger charge is 2.06. The standard InChI is InChI=1S/C13H12N4O2/c1-17-3-2-14-12(17)8-19-10-4-11-9(7-18)5-15-13(11)16-6-10/h2-7H,8H2,1H3,(H,15,16). The molecule has 0 fully saturated rings. The predicted octanol–water partition coefficient (Wildman–Crippen LogP) is 1.69. The summed E-state index contributed by atoms with van der Waals surface area (Å²) in [7, 11) is 1.91. The van der Waals surface area contributed by atoms with E-state index in [9.17, 15) is 4.79 Å². The Balaban J connectivity index is 1.85. The Morgan fingerprint density at radius 3 is 3.11 bits per heavy atom. The molecule has 96 valence electrons. The van der Waals surface area contributed by atoms with Gasteiger partial charge in [0.05, 0.1) is 6.20 Å². The van der Waals surface area contributed by atoms with Crippen molar-refractivity contribution < 1.29 is 9.53 Å². The molecule has 3 aromatic rings. The van der Waals surface area contributed by atoms with E-state index in [0.717, 1.165) is 17.5 Å². The number of ether oxygens (including phenoxy) is 1. The maximum Gasteiger partial charge on any atom is 0.152 e. The molecule has 0 saturated carbocycles. The molecule has 0 aromatic carbocycles. The molecule has 3 heterocycles. The summed E-state index contributed by atoms with van der Waals surface area (Å²) in [6, 6.07) is 1.80. The number of pyridine rings is 1. The minimum atomic E-state index is 0.359. The van der Waals surface area contributed by atoms with Crippen LogP contribution >= 0.6 is 0 Å². The molecule has 1 N–H and O–H groups in total. The van der Waals surface area contributed by atoms with E-state index >= 15 is 0 Å². The predicted molar refractivity (Wildman–Crippen MR) is 69.0 cm³/mol. The number of aromatic nitrogens is 4. The maximum atomic E-state index is 10.9. The van der Waals surface area contributed by atoms with Crippen LogP contribution in [0, 0.1) is 0 Å². The van der Waals surface area contributed by atoms with Crippen LogP contribution in [0.1, 0.15) is 16.2 Å². The number of imidazole rings is 1. The van der Waals surface area contributed by atoms with Crippen LogP contribution in [0.2, 0.25) is 0 Å². The first-order valence-electron chi connectivity index (χ1n) is 5.79. The van der Waals surface area contributed by atoms with Crippen LogP contribution < -0.4 is 4.74 Å². The molecular weight excluding hydrogens is 244 g/mol. The SMILES string of the molecule is Cn1ccnc1COc1cnc2[nH]cc(C=O)c2c1. The van der Waals surface area contributed by atoms with E-state index in [0.29, 0.717) is 23.6 Å². The van der Waals surface area contributed by atoms with Crippen LogP contribution in [0.5, 0.6) is 5.75 Å². The molecule has 0 spiro atoms. The third kappa shape index (κ3) is 2.08. The van der Waals surface area contributed by atoms with Crippen molar-refractivity contribution >= 4 is 17.3 Å². The minimum absolute atomic E-state index is 0.359. The Hall–Kier alpha value is -2.63. The number of aryl methyl sites for hydroxylation is 1. The highest BCUT2D eigenvalue weighted by Crippen LogP contribution is 2.21. The summed E-state index contributed by atoms with van der Waals surface area (Å²) < 4.78 is 7.52. The van der Waals surface area contributed by atoms with Gasteiger partial charge in [-0.05, 0) is 6.07 Å². The van der Waals surface area contributed by atoms with Crippen molar-refractivity contribution in [1.82, 2.24) is 19.5 Å². The summed E-state index contributed by atoms with van der Waals surface area (Å²) in [6.07, 6.45) is 7.63. The second-order valence-electron chi connectivity index (χ2n) is 4.17. The highest BCUT2D eigenvalue weighted by atomic mass is 16.5. The van der Waals surface area contributed by atoms with Gasteiger partial charge < -0.3 is 14.3 Å².